The van der Waals surface area contributed by atoms with Crippen LogP contribution < -0.4 is 5.50 Å². The van der Waals surface area contributed by atoms with Crippen LogP contribution in [-0.4, -0.2) is 57.4 Å². The minimum Gasteiger partial charge on any atom is -0.390 e. The number of aromatic nitrogens is 4. The monoisotopic (exact) mass is 626 g/mol. The molecule has 1 atom stereocenters. The number of allylic oxidation sites excluding steroid dienone is 1. The Balaban J connectivity index is 2.38. The third kappa shape index (κ3) is 7.02. The third-order valence-electron chi connectivity index (χ3n) is 4.60. The van der Waals surface area contributed by atoms with Gasteiger partial charge in [0, 0.05) is 23.7 Å². The van der Waals surface area contributed by atoms with Crippen LogP contribution >= 0.6 is 39.5 Å². The number of rotatable bonds is 14. The summed E-state index contributed by atoms with van der Waals surface area (Å²) in [6.07, 6.45) is 5.78. The Labute approximate surface area is 212 Å². The Kier molecular flexibility index (Phi) is 10.5. The summed E-state index contributed by atoms with van der Waals surface area (Å²) in [7, 11) is -3.72. The lowest BCUT2D eigenvalue weighted by molar-refractivity contribution is -0.397. The summed E-state index contributed by atoms with van der Waals surface area (Å²) in [6, 6.07) is -0.360. The van der Waals surface area contributed by atoms with E-state index in [1.165, 1.54) is 32.3 Å². The highest BCUT2D eigenvalue weighted by Gasteiger charge is 2.32. The van der Waals surface area contributed by atoms with E-state index in [1.54, 1.807) is 19.9 Å². The lowest BCUT2D eigenvalue weighted by Gasteiger charge is -2.26. The van der Waals surface area contributed by atoms with Crippen LogP contribution in [0.5, 0.6) is 0 Å². The zero-order chi connectivity index (χ0) is 25.5. The van der Waals surface area contributed by atoms with Crippen LogP contribution in [0.2, 0.25) is 0 Å². The predicted octanol–water partition coefficient (Wildman–Crippen LogP) is 3.87. The van der Waals surface area contributed by atoms with Gasteiger partial charge in [-0.2, -0.15) is 0 Å². The van der Waals surface area contributed by atoms with Crippen molar-refractivity contribution in [1.82, 2.24) is 23.8 Å². The van der Waals surface area contributed by atoms with E-state index in [2.05, 4.69) is 41.8 Å². The van der Waals surface area contributed by atoms with E-state index < -0.39 is 23.5 Å². The minimum atomic E-state index is -3.72. The summed E-state index contributed by atoms with van der Waals surface area (Å²) in [6.45, 7) is 4.02. The lowest BCUT2D eigenvalue weighted by Crippen LogP contribution is -2.29. The maximum Gasteiger partial charge on any atom is 0.435 e. The fourth-order valence-electron chi connectivity index (χ4n) is 3.13. The van der Waals surface area contributed by atoms with Gasteiger partial charge in [0.05, 0.1) is 12.6 Å². The van der Waals surface area contributed by atoms with Gasteiger partial charge in [-0.1, -0.05) is 41.8 Å². The molecule has 0 aliphatic carbocycles. The number of hydrogen-bond acceptors (Lipinski definition) is 8. The number of imidazole rings is 2. The molecule has 2 heterocycles. The quantitative estimate of drug-likeness (QED) is 0.140. The van der Waals surface area contributed by atoms with Crippen molar-refractivity contribution in [3.63, 3.8) is 0 Å². The molecule has 1 unspecified atom stereocenters. The summed E-state index contributed by atoms with van der Waals surface area (Å²) in [5.41, 5.74) is 6.51. The van der Waals surface area contributed by atoms with E-state index >= 15 is 0 Å². The van der Waals surface area contributed by atoms with Gasteiger partial charge in [0.25, 0.3) is 0 Å². The largest absolute Gasteiger partial charge is 0.435 e. The smallest absolute Gasteiger partial charge is 0.390 e. The van der Waals surface area contributed by atoms with Gasteiger partial charge < -0.3 is 20.2 Å². The summed E-state index contributed by atoms with van der Waals surface area (Å²) >= 11 is 6.59. The number of nitro groups is 2. The molecule has 0 saturated heterocycles. The first-order chi connectivity index (χ1) is 16.0. The molecular weight excluding hydrogens is 603 g/mol. The molecule has 0 radical (unpaired) electrons. The molecule has 2 rings (SSSR count). The fourth-order valence-corrected chi connectivity index (χ4v) is 5.77. The summed E-state index contributed by atoms with van der Waals surface area (Å²) in [5, 5.41) is 23.7. The molecule has 0 fully saturated rings. The van der Waals surface area contributed by atoms with Crippen molar-refractivity contribution >= 4 is 57.5 Å². The molecule has 14 nitrogen and oxygen atoms in total. The molecule has 188 valence electrons. The molecule has 0 aliphatic heterocycles. The first kappa shape index (κ1) is 28.3. The van der Waals surface area contributed by atoms with E-state index in [0.29, 0.717) is 29.4 Å². The average molecular weight is 628 g/mol. The average Bonchev–Trinajstić information content (AvgIpc) is 3.37. The highest BCUT2D eigenvalue weighted by atomic mass is 79.9. The molecule has 0 bridgehead atoms. The van der Waals surface area contributed by atoms with Crippen molar-refractivity contribution in [2.24, 2.45) is 5.50 Å². The van der Waals surface area contributed by atoms with Gasteiger partial charge >= 0.3 is 19.6 Å². The van der Waals surface area contributed by atoms with Crippen molar-refractivity contribution < 1.29 is 18.9 Å². The Morgan fingerprint density at radius 3 is 2.38 bits per heavy atom. The van der Waals surface area contributed by atoms with Crippen molar-refractivity contribution in [2.45, 2.75) is 33.0 Å². The standard InChI is InChI=1S/C17H25Br2N8O6P/c1-13(2)25-15(12-33-34(20,32)24(9-5-18)10-6-19)14(22-17(25)27(30)31)4-3-8-23-11-7-21-16(23)26(28)29/h3-4,7,11,13H,5-6,8-10,12H2,1-2H3,(H2,20,32)/b4-3+. The highest BCUT2D eigenvalue weighted by molar-refractivity contribution is 9.09. The van der Waals surface area contributed by atoms with E-state index in [1.807, 2.05) is 0 Å². The van der Waals surface area contributed by atoms with Crippen LogP contribution in [0.3, 0.4) is 0 Å². The van der Waals surface area contributed by atoms with Crippen LogP contribution in [0.1, 0.15) is 31.3 Å². The lowest BCUT2D eigenvalue weighted by atomic mass is 10.2. The summed E-state index contributed by atoms with van der Waals surface area (Å²) < 4.78 is 22.8. The number of halogens is 2. The molecule has 0 spiro atoms. The number of nitrogens with two attached hydrogens (primary N) is 1. The Morgan fingerprint density at radius 2 is 1.85 bits per heavy atom. The molecule has 34 heavy (non-hydrogen) atoms. The molecule has 2 aromatic heterocycles. The van der Waals surface area contributed by atoms with Crippen LogP contribution in [-0.2, 0) is 22.2 Å². The van der Waals surface area contributed by atoms with E-state index in [-0.39, 0.29) is 30.8 Å². The second kappa shape index (κ2) is 12.7. The second-order valence-electron chi connectivity index (χ2n) is 7.17. The first-order valence-corrected chi connectivity index (χ1v) is 13.9. The number of nitrogens with zero attached hydrogens (tertiary/aromatic N) is 7. The van der Waals surface area contributed by atoms with Crippen LogP contribution in [0.15, 0.2) is 18.5 Å². The van der Waals surface area contributed by atoms with Crippen molar-refractivity contribution in [2.75, 3.05) is 23.7 Å². The van der Waals surface area contributed by atoms with Crippen LogP contribution in [0.25, 0.3) is 6.08 Å². The summed E-state index contributed by atoms with van der Waals surface area (Å²) in [5.74, 6) is -0.749. The maximum atomic E-state index is 13.1. The zero-order valence-electron chi connectivity index (χ0n) is 18.5. The normalized spacial score (nSPS) is 13.7. The van der Waals surface area contributed by atoms with Gasteiger partial charge in [-0.15, -0.1) is 0 Å². The van der Waals surface area contributed by atoms with Gasteiger partial charge in [0.1, 0.15) is 24.7 Å². The number of hydrogen-bond donors (Lipinski definition) is 1. The van der Waals surface area contributed by atoms with Crippen LogP contribution in [0.4, 0.5) is 11.9 Å². The van der Waals surface area contributed by atoms with Crippen molar-refractivity contribution in [1.29, 1.82) is 0 Å². The topological polar surface area (TPSA) is 177 Å². The predicted molar refractivity (Wildman–Crippen MR) is 133 cm³/mol. The molecular formula is C17H25Br2N8O6P. The fraction of sp³-hybridized carbons (Fsp3) is 0.529. The van der Waals surface area contributed by atoms with E-state index in [0.717, 1.165) is 0 Å². The van der Waals surface area contributed by atoms with Gasteiger partial charge in [-0.3, -0.25) is 9.09 Å². The SMILES string of the molecule is CC(C)n1c([N+](=O)[O-])nc(/C=C/Cn2ccnc2[N+](=O)[O-])c1COP(N)(=O)N(CCBr)CCBr. The summed E-state index contributed by atoms with van der Waals surface area (Å²) in [4.78, 5) is 29.2. The third-order valence-corrected chi connectivity index (χ3v) is 7.00. The Morgan fingerprint density at radius 1 is 1.24 bits per heavy atom. The molecule has 17 heteroatoms. The van der Waals surface area contributed by atoms with E-state index in [4.69, 9.17) is 10.0 Å². The first-order valence-electron chi connectivity index (χ1n) is 10.0. The van der Waals surface area contributed by atoms with Gasteiger partial charge in [0.15, 0.2) is 5.69 Å². The van der Waals surface area contributed by atoms with Crippen molar-refractivity contribution in [3.8, 4) is 0 Å². The van der Waals surface area contributed by atoms with Crippen molar-refractivity contribution in [3.05, 3.63) is 50.1 Å². The molecule has 2 aromatic rings. The Hall–Kier alpha value is -1.97. The van der Waals surface area contributed by atoms with E-state index in [9.17, 15) is 24.8 Å². The molecule has 0 saturated carbocycles. The second-order valence-corrected chi connectivity index (χ2v) is 10.7. The molecule has 0 aliphatic rings. The number of alkyl halides is 2. The molecule has 0 aromatic carbocycles. The maximum absolute atomic E-state index is 13.1. The van der Waals surface area contributed by atoms with Crippen LogP contribution in [0, 0.1) is 20.2 Å². The highest BCUT2D eigenvalue weighted by Crippen LogP contribution is 2.44. The molecule has 2 N–H and O–H groups in total. The zero-order valence-corrected chi connectivity index (χ0v) is 22.6. The minimum absolute atomic E-state index is 0.0820. The van der Waals surface area contributed by atoms with Gasteiger partial charge in [-0.25, -0.2) is 19.3 Å². The van der Waals surface area contributed by atoms with Gasteiger partial charge in [-0.05, 0) is 35.8 Å². The Bertz CT molecular complexity index is 1080. The van der Waals surface area contributed by atoms with Gasteiger partial charge in [0.2, 0.25) is 0 Å². The molecule has 0 amide bonds.